The Bertz CT molecular complexity index is 1410. The first-order chi connectivity index (χ1) is 23.2. The minimum atomic E-state index is -0.103. The molecule has 6 rings (SSSR count). The van der Waals surface area contributed by atoms with Crippen LogP contribution in [0.4, 0.5) is 0 Å². The van der Waals surface area contributed by atoms with Crippen molar-refractivity contribution in [3.8, 4) is 0 Å². The number of fused-ring (bicyclic) bond motifs is 2. The van der Waals surface area contributed by atoms with E-state index >= 15 is 0 Å². The third kappa shape index (κ3) is 10.2. The Balaban J connectivity index is 0.000000260. The molecule has 10 nitrogen and oxygen atoms in total. The smallest absolute Gasteiger partial charge is 0.240 e. The van der Waals surface area contributed by atoms with E-state index in [0.717, 1.165) is 21.5 Å². The highest BCUT2D eigenvalue weighted by Gasteiger charge is 2.50. The van der Waals surface area contributed by atoms with E-state index in [1.54, 1.807) is 23.5 Å². The molecule has 0 aromatic heterocycles. The van der Waals surface area contributed by atoms with Crippen molar-refractivity contribution in [2.45, 2.75) is 95.7 Å². The van der Waals surface area contributed by atoms with Gasteiger partial charge in [0.1, 0.15) is 29.1 Å². The number of hydrogen-bond donors (Lipinski definition) is 1. The van der Waals surface area contributed by atoms with Crippen LogP contribution in [0.3, 0.4) is 0 Å². The minimum Gasteiger partial charge on any atom is -0.396 e. The van der Waals surface area contributed by atoms with E-state index in [1.807, 2.05) is 74.4 Å². The van der Waals surface area contributed by atoms with Gasteiger partial charge in [0, 0.05) is 46.6 Å². The zero-order valence-electron chi connectivity index (χ0n) is 28.7. The minimum absolute atomic E-state index is 0. The van der Waals surface area contributed by atoms with Crippen molar-refractivity contribution < 1.29 is 24.1 Å². The second kappa shape index (κ2) is 19.8. The fraction of sp³-hybridized carbons (Fsp3) is 0.605. The third-order valence-corrected chi connectivity index (χ3v) is 11.6. The van der Waals surface area contributed by atoms with Crippen LogP contribution in [0, 0.1) is 18.4 Å². The maximum absolute atomic E-state index is 9.35. The molecular formula is C38H57N5O5S2. The molecule has 12 heteroatoms. The number of aliphatic hydroxyl groups excluding tert-OH is 1. The SMILES string of the molecule is C.C.C[C@H]1[C@H](OCc2ccccc2)[C@H]2N=C(N(C)C)S[C@H]2O[C@@H]1CCO.[C-]#[N+]C[C@H]1O[C@@H]2SC(N(C)C)=N[C@@H]2[C@@H](OCc2ccccc2)[C@@H]1C. The van der Waals surface area contributed by atoms with Crippen LogP contribution in [0.1, 0.15) is 46.2 Å². The number of aliphatic hydroxyl groups is 1. The summed E-state index contributed by atoms with van der Waals surface area (Å²) in [5.41, 5.74) is 2.22. The van der Waals surface area contributed by atoms with Crippen LogP contribution in [0.15, 0.2) is 70.6 Å². The van der Waals surface area contributed by atoms with Crippen molar-refractivity contribution in [3.63, 3.8) is 0 Å². The lowest BCUT2D eigenvalue weighted by molar-refractivity contribution is -0.140. The molecule has 4 aliphatic heterocycles. The van der Waals surface area contributed by atoms with Gasteiger partial charge in [-0.3, -0.25) is 9.98 Å². The van der Waals surface area contributed by atoms with Crippen LogP contribution in [0.2, 0.25) is 0 Å². The van der Waals surface area contributed by atoms with Gasteiger partial charge < -0.3 is 38.7 Å². The Morgan fingerprint density at radius 2 is 1.16 bits per heavy atom. The van der Waals surface area contributed by atoms with E-state index in [2.05, 4.69) is 43.0 Å². The van der Waals surface area contributed by atoms with Gasteiger partial charge in [0.2, 0.25) is 6.54 Å². The lowest BCUT2D eigenvalue weighted by Crippen LogP contribution is -2.52. The number of hydrogen-bond acceptors (Lipinski definition) is 11. The highest BCUT2D eigenvalue weighted by Crippen LogP contribution is 2.42. The number of thioether (sulfide) groups is 2. The Kier molecular flexibility index (Phi) is 16.6. The standard InChI is InChI=1S/C18H23N3O2S.C18H26N2O3S.2CH4/c1-12-14(10-19-2)23-17-15(20-18(24-17)21(3)4)16(12)22-11-13-8-6-5-7-9-13;1-12-14(9-10-21)23-17-15(19-18(24-17)20(2)3)16(12)22-11-13-7-5-4-6-8-13;;/h5-9,12,14-17H,10-11H2,1,3-4H3;4-8,12,14-17,21H,9-11H2,1-3H3;2*1H4/t2*12-,14-,15-,16+,17-;;/m11../s1. The van der Waals surface area contributed by atoms with Crippen molar-refractivity contribution in [3.05, 3.63) is 83.2 Å². The van der Waals surface area contributed by atoms with Crippen LogP contribution >= 0.6 is 23.5 Å². The van der Waals surface area contributed by atoms with Crippen molar-refractivity contribution >= 4 is 33.9 Å². The molecule has 2 saturated heterocycles. The highest BCUT2D eigenvalue weighted by atomic mass is 32.2. The first-order valence-electron chi connectivity index (χ1n) is 16.6. The first-order valence-corrected chi connectivity index (χ1v) is 18.4. The molecule has 50 heavy (non-hydrogen) atoms. The van der Waals surface area contributed by atoms with Crippen molar-refractivity contribution in [1.29, 1.82) is 0 Å². The maximum atomic E-state index is 9.35. The van der Waals surface area contributed by atoms with Crippen LogP contribution in [0.5, 0.6) is 0 Å². The fourth-order valence-corrected chi connectivity index (χ4v) is 8.64. The second-order valence-electron chi connectivity index (χ2n) is 13.0. The molecule has 0 spiro atoms. The molecule has 0 unspecified atom stereocenters. The van der Waals surface area contributed by atoms with Gasteiger partial charge in [0.25, 0.3) is 0 Å². The summed E-state index contributed by atoms with van der Waals surface area (Å²) in [5.74, 6) is 0.322. The Morgan fingerprint density at radius 1 is 0.740 bits per heavy atom. The average molecular weight is 728 g/mol. The molecule has 4 aliphatic rings. The monoisotopic (exact) mass is 727 g/mol. The molecule has 10 atom stereocenters. The van der Waals surface area contributed by atoms with E-state index < -0.39 is 0 Å². The predicted octanol–water partition coefficient (Wildman–Crippen LogP) is 6.51. The van der Waals surface area contributed by atoms with Crippen molar-refractivity contribution in [2.24, 2.45) is 21.8 Å². The zero-order valence-corrected chi connectivity index (χ0v) is 30.3. The van der Waals surface area contributed by atoms with E-state index in [-0.39, 0.29) is 80.7 Å². The maximum Gasteiger partial charge on any atom is 0.240 e. The number of aliphatic imine (C=N–C) groups is 2. The summed E-state index contributed by atoms with van der Waals surface area (Å²) >= 11 is 3.28. The van der Waals surface area contributed by atoms with Gasteiger partial charge in [-0.05, 0) is 17.5 Å². The van der Waals surface area contributed by atoms with Gasteiger partial charge in [-0.25, -0.2) is 6.57 Å². The summed E-state index contributed by atoms with van der Waals surface area (Å²) in [6, 6.07) is 20.4. The van der Waals surface area contributed by atoms with E-state index in [4.69, 9.17) is 35.5 Å². The molecule has 4 heterocycles. The summed E-state index contributed by atoms with van der Waals surface area (Å²) in [6.07, 6.45) is 0.481. The predicted molar refractivity (Wildman–Crippen MR) is 207 cm³/mol. The highest BCUT2D eigenvalue weighted by molar-refractivity contribution is 8.14. The Labute approximate surface area is 308 Å². The van der Waals surface area contributed by atoms with Gasteiger partial charge in [-0.1, -0.05) is 113 Å². The van der Waals surface area contributed by atoms with Gasteiger partial charge in [0.05, 0.1) is 31.5 Å². The molecule has 0 bridgehead atoms. The van der Waals surface area contributed by atoms with E-state index in [1.165, 1.54) is 0 Å². The summed E-state index contributed by atoms with van der Waals surface area (Å²) in [7, 11) is 7.97. The zero-order chi connectivity index (χ0) is 34.2. The summed E-state index contributed by atoms with van der Waals surface area (Å²) in [6.45, 7) is 13.1. The lowest BCUT2D eigenvalue weighted by Gasteiger charge is -2.41. The molecule has 276 valence electrons. The number of nitrogens with zero attached hydrogens (tertiary/aromatic N) is 5. The van der Waals surface area contributed by atoms with E-state index in [0.29, 0.717) is 26.2 Å². The lowest BCUT2D eigenvalue weighted by atomic mass is 9.88. The Morgan fingerprint density at radius 3 is 1.56 bits per heavy atom. The molecule has 0 aliphatic carbocycles. The average Bonchev–Trinajstić information content (AvgIpc) is 3.71. The summed E-state index contributed by atoms with van der Waals surface area (Å²) in [4.78, 5) is 17.2. The van der Waals surface area contributed by atoms with Gasteiger partial charge in [-0.2, -0.15) is 0 Å². The molecule has 0 radical (unpaired) electrons. The number of benzene rings is 2. The largest absolute Gasteiger partial charge is 0.396 e. The molecular weight excluding hydrogens is 671 g/mol. The van der Waals surface area contributed by atoms with Crippen LogP contribution in [-0.2, 0) is 32.2 Å². The third-order valence-electron chi connectivity index (χ3n) is 9.04. The molecule has 2 fully saturated rings. The van der Waals surface area contributed by atoms with Gasteiger partial charge in [-0.15, -0.1) is 0 Å². The number of amidine groups is 2. The van der Waals surface area contributed by atoms with Gasteiger partial charge >= 0.3 is 0 Å². The van der Waals surface area contributed by atoms with Crippen LogP contribution in [0.25, 0.3) is 4.85 Å². The normalized spacial score (nSPS) is 30.8. The van der Waals surface area contributed by atoms with Crippen LogP contribution < -0.4 is 0 Å². The van der Waals surface area contributed by atoms with Crippen molar-refractivity contribution in [1.82, 2.24) is 9.80 Å². The fourth-order valence-electron chi connectivity index (χ4n) is 6.33. The van der Waals surface area contributed by atoms with E-state index in [9.17, 15) is 5.11 Å². The van der Waals surface area contributed by atoms with Crippen LogP contribution in [-0.4, -0.2) is 114 Å². The first kappa shape index (κ1) is 41.8. The molecule has 0 saturated carbocycles. The topological polar surface area (TPSA) is 92.7 Å². The molecule has 1 N–H and O–H groups in total. The number of ether oxygens (including phenoxy) is 4. The van der Waals surface area contributed by atoms with Crippen molar-refractivity contribution in [2.75, 3.05) is 41.3 Å². The Hall–Kier alpha value is -2.63. The quantitative estimate of drug-likeness (QED) is 0.291. The van der Waals surface area contributed by atoms with Gasteiger partial charge in [0.15, 0.2) is 10.3 Å². The molecule has 2 aromatic carbocycles. The second-order valence-corrected chi connectivity index (χ2v) is 15.1. The number of rotatable bonds is 9. The summed E-state index contributed by atoms with van der Waals surface area (Å²) < 4.78 is 24.9. The molecule has 0 amide bonds. The molecule has 2 aromatic rings. The summed E-state index contributed by atoms with van der Waals surface area (Å²) in [5, 5.41) is 11.3.